The summed E-state index contributed by atoms with van der Waals surface area (Å²) in [4.78, 5) is 9.00. The van der Waals surface area contributed by atoms with Crippen LogP contribution in [0.2, 0.25) is 0 Å². The molecule has 0 aliphatic rings. The molecule has 2 N–H and O–H groups in total. The van der Waals surface area contributed by atoms with Gasteiger partial charge in [-0.05, 0) is 51.9 Å². The maximum atomic E-state index is 10.8. The Bertz CT molecular complexity index is 585. The second-order valence-corrected chi connectivity index (χ2v) is 11.4. The van der Waals surface area contributed by atoms with Crippen LogP contribution in [0.1, 0.15) is 111 Å². The molecule has 1 aromatic rings. The molecule has 1 aromatic carbocycles. The third kappa shape index (κ3) is 12.5. The first-order valence-corrected chi connectivity index (χ1v) is 12.6. The summed E-state index contributed by atoms with van der Waals surface area (Å²) in [6, 6.07) is 4.46. The number of hydrogen-bond donors (Lipinski definition) is 2. The van der Waals surface area contributed by atoms with Gasteiger partial charge in [0, 0.05) is 6.92 Å². The maximum Gasteiger partial charge on any atom is 0.300 e. The second kappa shape index (κ2) is 14.0. The number of benzene rings is 1. The SMILES string of the molecule is CC(=O)O.CCCCCCCCSCCc1cc(C(C)(C)C)c(O)c(C(C)(C)C)c1. The van der Waals surface area contributed by atoms with Crippen molar-refractivity contribution in [2.75, 3.05) is 11.5 Å². The number of carboxylic acid groups (broad SMARTS) is 1. The van der Waals surface area contributed by atoms with Crippen molar-refractivity contribution in [2.24, 2.45) is 0 Å². The lowest BCUT2D eigenvalue weighted by Crippen LogP contribution is -2.18. The quantitative estimate of drug-likeness (QED) is 0.367. The van der Waals surface area contributed by atoms with Crippen LogP contribution in [0.3, 0.4) is 0 Å². The van der Waals surface area contributed by atoms with E-state index in [2.05, 4.69) is 72.4 Å². The van der Waals surface area contributed by atoms with Gasteiger partial charge in [0.25, 0.3) is 5.97 Å². The summed E-state index contributed by atoms with van der Waals surface area (Å²) in [7, 11) is 0. The predicted molar refractivity (Wildman–Crippen MR) is 133 cm³/mol. The second-order valence-electron chi connectivity index (χ2n) is 10.2. The summed E-state index contributed by atoms with van der Waals surface area (Å²) < 4.78 is 0. The molecule has 0 fully saturated rings. The molecule has 0 saturated heterocycles. The Kier molecular flexibility index (Phi) is 13.5. The topological polar surface area (TPSA) is 57.5 Å². The van der Waals surface area contributed by atoms with Crippen LogP contribution in [-0.4, -0.2) is 27.7 Å². The van der Waals surface area contributed by atoms with Crippen LogP contribution in [0.4, 0.5) is 0 Å². The number of unbranched alkanes of at least 4 members (excludes halogenated alkanes) is 5. The number of hydrogen-bond acceptors (Lipinski definition) is 3. The fraction of sp³-hybridized carbons (Fsp3) is 0.731. The molecule has 30 heavy (non-hydrogen) atoms. The van der Waals surface area contributed by atoms with Gasteiger partial charge in [-0.3, -0.25) is 4.79 Å². The van der Waals surface area contributed by atoms with E-state index in [4.69, 9.17) is 9.90 Å². The molecule has 0 amide bonds. The van der Waals surface area contributed by atoms with E-state index in [-0.39, 0.29) is 10.8 Å². The summed E-state index contributed by atoms with van der Waals surface area (Å²) >= 11 is 2.08. The molecule has 0 aliphatic carbocycles. The molecule has 1 rings (SSSR count). The van der Waals surface area contributed by atoms with E-state index in [1.165, 1.54) is 55.6 Å². The molecule has 3 nitrogen and oxygen atoms in total. The van der Waals surface area contributed by atoms with Gasteiger partial charge in [0.1, 0.15) is 5.75 Å². The summed E-state index contributed by atoms with van der Waals surface area (Å²) in [6.07, 6.45) is 9.34. The van der Waals surface area contributed by atoms with Crippen LogP contribution in [0.5, 0.6) is 5.75 Å². The Balaban J connectivity index is 0.00000192. The van der Waals surface area contributed by atoms with Crippen molar-refractivity contribution in [3.63, 3.8) is 0 Å². The average Bonchev–Trinajstić information content (AvgIpc) is 2.59. The van der Waals surface area contributed by atoms with Crippen LogP contribution in [-0.2, 0) is 22.0 Å². The number of aryl methyl sites for hydroxylation is 1. The van der Waals surface area contributed by atoms with Gasteiger partial charge in [-0.25, -0.2) is 0 Å². The molecule has 0 unspecified atom stereocenters. The van der Waals surface area contributed by atoms with E-state index in [0.29, 0.717) is 5.75 Å². The van der Waals surface area contributed by atoms with Gasteiger partial charge in [0.2, 0.25) is 0 Å². The molecule has 174 valence electrons. The molecule has 0 saturated carbocycles. The average molecular weight is 439 g/mol. The minimum Gasteiger partial charge on any atom is -0.507 e. The van der Waals surface area contributed by atoms with Crippen molar-refractivity contribution in [3.05, 3.63) is 28.8 Å². The lowest BCUT2D eigenvalue weighted by molar-refractivity contribution is -0.134. The normalized spacial score (nSPS) is 11.7. The predicted octanol–water partition coefficient (Wildman–Crippen LogP) is 7.71. The molecule has 0 radical (unpaired) electrons. The van der Waals surface area contributed by atoms with Gasteiger partial charge in [0.15, 0.2) is 0 Å². The number of carboxylic acids is 1. The third-order valence-electron chi connectivity index (χ3n) is 4.96. The molecular formula is C26H46O3S. The van der Waals surface area contributed by atoms with E-state index >= 15 is 0 Å². The Hall–Kier alpha value is -1.16. The van der Waals surface area contributed by atoms with Gasteiger partial charge >= 0.3 is 0 Å². The Morgan fingerprint density at radius 3 is 1.73 bits per heavy atom. The molecule has 0 spiro atoms. The standard InChI is InChI=1S/C24H42OS.C2H4O2/c1-8-9-10-11-12-13-15-26-16-14-19-17-20(23(2,3)4)22(25)21(18-19)24(5,6)7;1-2(3)4/h17-18,25H,8-16H2,1-7H3;1H3,(H,3,4). The number of phenolic OH excluding ortho intramolecular Hbond substituents is 1. The van der Waals surface area contributed by atoms with Crippen molar-refractivity contribution in [3.8, 4) is 5.75 Å². The van der Waals surface area contributed by atoms with Crippen molar-refractivity contribution in [1.82, 2.24) is 0 Å². The Morgan fingerprint density at radius 1 is 0.867 bits per heavy atom. The van der Waals surface area contributed by atoms with Crippen LogP contribution in [0.15, 0.2) is 12.1 Å². The van der Waals surface area contributed by atoms with Crippen LogP contribution in [0, 0.1) is 0 Å². The van der Waals surface area contributed by atoms with Gasteiger partial charge in [-0.2, -0.15) is 11.8 Å². The summed E-state index contributed by atoms with van der Waals surface area (Å²) in [5.41, 5.74) is 3.46. The van der Waals surface area contributed by atoms with Gasteiger partial charge in [-0.15, -0.1) is 0 Å². The van der Waals surface area contributed by atoms with E-state index in [1.807, 2.05) is 0 Å². The monoisotopic (exact) mass is 438 g/mol. The maximum absolute atomic E-state index is 10.8. The fourth-order valence-corrected chi connectivity index (χ4v) is 4.25. The zero-order chi connectivity index (χ0) is 23.4. The summed E-state index contributed by atoms with van der Waals surface area (Å²) in [6.45, 7) is 16.5. The molecule has 0 atom stereocenters. The lowest BCUT2D eigenvalue weighted by atomic mass is 9.78. The number of aromatic hydroxyl groups is 1. The zero-order valence-electron chi connectivity index (χ0n) is 20.7. The highest BCUT2D eigenvalue weighted by Gasteiger charge is 2.26. The minimum absolute atomic E-state index is 0.0360. The first-order chi connectivity index (χ1) is 13.8. The number of carbonyl (C=O) groups is 1. The lowest BCUT2D eigenvalue weighted by Gasteiger charge is -2.28. The number of thioether (sulfide) groups is 1. The van der Waals surface area contributed by atoms with Gasteiger partial charge in [0.05, 0.1) is 0 Å². The third-order valence-corrected chi connectivity index (χ3v) is 6.03. The van der Waals surface area contributed by atoms with Crippen LogP contribution >= 0.6 is 11.8 Å². The van der Waals surface area contributed by atoms with Crippen molar-refractivity contribution >= 4 is 17.7 Å². The molecule has 4 heteroatoms. The number of aliphatic carboxylic acids is 1. The number of rotatable bonds is 10. The molecule has 0 bridgehead atoms. The molecule has 0 aromatic heterocycles. The van der Waals surface area contributed by atoms with Gasteiger partial charge in [-0.1, -0.05) is 92.7 Å². The highest BCUT2D eigenvalue weighted by Crippen LogP contribution is 2.40. The van der Waals surface area contributed by atoms with Crippen molar-refractivity contribution < 1.29 is 15.0 Å². The van der Waals surface area contributed by atoms with E-state index in [1.54, 1.807) is 0 Å². The fourth-order valence-electron chi connectivity index (χ4n) is 3.26. The van der Waals surface area contributed by atoms with Crippen molar-refractivity contribution in [1.29, 1.82) is 0 Å². The van der Waals surface area contributed by atoms with E-state index in [0.717, 1.165) is 24.5 Å². The Morgan fingerprint density at radius 2 is 1.30 bits per heavy atom. The first kappa shape index (κ1) is 28.8. The summed E-state index contributed by atoms with van der Waals surface area (Å²) in [5.74, 6) is 2.11. The molecule has 0 heterocycles. The molecular weight excluding hydrogens is 392 g/mol. The first-order valence-electron chi connectivity index (χ1n) is 11.4. The highest BCUT2D eigenvalue weighted by molar-refractivity contribution is 7.99. The van der Waals surface area contributed by atoms with Gasteiger partial charge < -0.3 is 10.2 Å². The van der Waals surface area contributed by atoms with E-state index in [9.17, 15) is 5.11 Å². The van der Waals surface area contributed by atoms with Crippen molar-refractivity contribution in [2.45, 2.75) is 111 Å². The van der Waals surface area contributed by atoms with Crippen LogP contribution < -0.4 is 0 Å². The smallest absolute Gasteiger partial charge is 0.300 e. The zero-order valence-corrected chi connectivity index (χ0v) is 21.5. The minimum atomic E-state index is -0.833. The largest absolute Gasteiger partial charge is 0.507 e. The van der Waals surface area contributed by atoms with E-state index < -0.39 is 5.97 Å². The number of phenols is 1. The van der Waals surface area contributed by atoms with Crippen LogP contribution in [0.25, 0.3) is 0 Å². The summed E-state index contributed by atoms with van der Waals surface area (Å²) in [5, 5.41) is 18.2. The molecule has 0 aliphatic heterocycles. The Labute approximate surface area is 190 Å². The highest BCUT2D eigenvalue weighted by atomic mass is 32.2.